The van der Waals surface area contributed by atoms with Crippen LogP contribution in [0.15, 0.2) is 53.9 Å². The number of rotatable bonds is 5. The van der Waals surface area contributed by atoms with Crippen LogP contribution in [0.1, 0.15) is 18.1 Å². The van der Waals surface area contributed by atoms with E-state index in [9.17, 15) is 4.39 Å². The number of hydrogen-bond acceptors (Lipinski definition) is 2. The number of alkyl halides is 1. The van der Waals surface area contributed by atoms with Gasteiger partial charge in [0.1, 0.15) is 6.10 Å². The molecule has 0 radical (unpaired) electrons. The zero-order valence-corrected chi connectivity index (χ0v) is 14.2. The Morgan fingerprint density at radius 3 is 2.67 bits per heavy atom. The second kappa shape index (κ2) is 6.75. The van der Waals surface area contributed by atoms with Gasteiger partial charge in [0.05, 0.1) is 4.70 Å². The van der Waals surface area contributed by atoms with Gasteiger partial charge in [-0.3, -0.25) is 0 Å². The van der Waals surface area contributed by atoms with Gasteiger partial charge in [-0.25, -0.2) is 4.39 Å². The van der Waals surface area contributed by atoms with Gasteiger partial charge in [-0.15, -0.1) is 11.3 Å². The standard InChI is InChI=1S/C17H14FIOS/c18-14-7-6-13-9-11-21-17(13)16(14)20-15(8-10-19)12-4-2-1-3-5-12/h1-7,9,11,15H,8,10H2/t15-/m1/s1. The van der Waals surface area contributed by atoms with Crippen LogP contribution in [0.25, 0.3) is 10.1 Å². The zero-order chi connectivity index (χ0) is 14.7. The number of fused-ring (bicyclic) bond motifs is 1. The van der Waals surface area contributed by atoms with E-state index in [2.05, 4.69) is 22.6 Å². The fraction of sp³-hybridized carbons (Fsp3) is 0.176. The molecule has 3 rings (SSSR count). The van der Waals surface area contributed by atoms with Gasteiger partial charge >= 0.3 is 0 Å². The van der Waals surface area contributed by atoms with Crippen molar-refractivity contribution in [3.05, 3.63) is 65.3 Å². The van der Waals surface area contributed by atoms with E-state index in [1.165, 1.54) is 17.4 Å². The molecule has 4 heteroatoms. The van der Waals surface area contributed by atoms with Crippen LogP contribution in [0.2, 0.25) is 0 Å². The van der Waals surface area contributed by atoms with Crippen molar-refractivity contribution >= 4 is 44.0 Å². The third-order valence-corrected chi connectivity index (χ3v) is 4.88. The zero-order valence-electron chi connectivity index (χ0n) is 11.3. The topological polar surface area (TPSA) is 9.23 Å². The van der Waals surface area contributed by atoms with E-state index in [-0.39, 0.29) is 11.9 Å². The predicted molar refractivity (Wildman–Crippen MR) is 95.1 cm³/mol. The summed E-state index contributed by atoms with van der Waals surface area (Å²) < 4.78 is 22.1. The first kappa shape index (κ1) is 14.8. The number of halogens is 2. The molecule has 0 saturated heterocycles. The highest BCUT2D eigenvalue weighted by Crippen LogP contribution is 2.36. The van der Waals surface area contributed by atoms with E-state index in [1.807, 2.05) is 41.8 Å². The summed E-state index contributed by atoms with van der Waals surface area (Å²) in [6, 6.07) is 15.3. The molecule has 21 heavy (non-hydrogen) atoms. The summed E-state index contributed by atoms with van der Waals surface area (Å²) in [6.45, 7) is 0. The van der Waals surface area contributed by atoms with Gasteiger partial charge in [0, 0.05) is 4.43 Å². The minimum Gasteiger partial charge on any atom is -0.481 e. The maximum absolute atomic E-state index is 14.2. The van der Waals surface area contributed by atoms with Crippen molar-refractivity contribution in [1.82, 2.24) is 0 Å². The quantitative estimate of drug-likeness (QED) is 0.370. The minimum absolute atomic E-state index is 0.120. The average Bonchev–Trinajstić information content (AvgIpc) is 2.99. The Morgan fingerprint density at radius 1 is 1.10 bits per heavy atom. The molecule has 2 aromatic carbocycles. The highest BCUT2D eigenvalue weighted by atomic mass is 127. The van der Waals surface area contributed by atoms with Crippen LogP contribution < -0.4 is 4.74 Å². The second-order valence-electron chi connectivity index (χ2n) is 4.71. The third-order valence-electron chi connectivity index (χ3n) is 3.33. The monoisotopic (exact) mass is 412 g/mol. The first-order valence-corrected chi connectivity index (χ1v) is 9.13. The molecular weight excluding hydrogens is 398 g/mol. The van der Waals surface area contributed by atoms with Crippen LogP contribution in [0, 0.1) is 5.82 Å². The summed E-state index contributed by atoms with van der Waals surface area (Å²) >= 11 is 3.84. The molecule has 0 bridgehead atoms. The Kier molecular flexibility index (Phi) is 4.75. The summed E-state index contributed by atoms with van der Waals surface area (Å²) in [5.74, 6) is 0.0838. The average molecular weight is 412 g/mol. The molecule has 0 N–H and O–H groups in total. The van der Waals surface area contributed by atoms with Crippen molar-refractivity contribution in [2.24, 2.45) is 0 Å². The molecule has 0 aliphatic heterocycles. The molecule has 0 amide bonds. The van der Waals surface area contributed by atoms with Crippen LogP contribution in [-0.4, -0.2) is 4.43 Å². The fourth-order valence-electron chi connectivity index (χ4n) is 2.29. The second-order valence-corrected chi connectivity index (χ2v) is 6.71. The first-order chi connectivity index (χ1) is 10.3. The Bertz CT molecular complexity index is 726. The third kappa shape index (κ3) is 3.21. The predicted octanol–water partition coefficient (Wildman–Crippen LogP) is 5.99. The molecule has 1 atom stereocenters. The van der Waals surface area contributed by atoms with E-state index in [4.69, 9.17) is 4.74 Å². The lowest BCUT2D eigenvalue weighted by Crippen LogP contribution is -2.09. The lowest BCUT2D eigenvalue weighted by Gasteiger charge is -2.19. The summed E-state index contributed by atoms with van der Waals surface area (Å²) in [7, 11) is 0. The molecular formula is C17H14FIOS. The maximum atomic E-state index is 14.2. The maximum Gasteiger partial charge on any atom is 0.173 e. The van der Waals surface area contributed by atoms with Crippen molar-refractivity contribution < 1.29 is 9.13 Å². The molecule has 1 aromatic heterocycles. The normalized spacial score (nSPS) is 12.5. The molecule has 0 aliphatic rings. The summed E-state index contributed by atoms with van der Waals surface area (Å²) in [5.41, 5.74) is 1.09. The molecule has 108 valence electrons. The minimum atomic E-state index is -0.292. The lowest BCUT2D eigenvalue weighted by molar-refractivity contribution is 0.198. The van der Waals surface area contributed by atoms with Gasteiger partial charge in [-0.1, -0.05) is 59.0 Å². The molecule has 1 heterocycles. The van der Waals surface area contributed by atoms with E-state index in [0.29, 0.717) is 5.75 Å². The molecule has 1 nitrogen and oxygen atoms in total. The number of ether oxygens (including phenoxy) is 1. The Balaban J connectivity index is 1.98. The van der Waals surface area contributed by atoms with Gasteiger partial charge in [-0.05, 0) is 34.9 Å². The summed E-state index contributed by atoms with van der Waals surface area (Å²) in [6.07, 6.45) is 0.733. The number of benzene rings is 2. The first-order valence-electron chi connectivity index (χ1n) is 6.73. The van der Waals surface area contributed by atoms with Gasteiger partial charge < -0.3 is 4.74 Å². The summed E-state index contributed by atoms with van der Waals surface area (Å²) in [4.78, 5) is 0. The number of hydrogen-bond donors (Lipinski definition) is 0. The SMILES string of the molecule is Fc1ccc2ccsc2c1O[C@H](CCI)c1ccccc1. The van der Waals surface area contributed by atoms with Crippen molar-refractivity contribution in [2.75, 3.05) is 4.43 Å². The number of thiophene rings is 1. The van der Waals surface area contributed by atoms with Crippen LogP contribution in [0.5, 0.6) is 5.75 Å². The Hall–Kier alpha value is -1.14. The van der Waals surface area contributed by atoms with Gasteiger partial charge in [0.2, 0.25) is 0 Å². The van der Waals surface area contributed by atoms with Crippen LogP contribution >= 0.6 is 33.9 Å². The van der Waals surface area contributed by atoms with Crippen LogP contribution in [0.4, 0.5) is 4.39 Å². The molecule has 0 saturated carbocycles. The lowest BCUT2D eigenvalue weighted by atomic mass is 10.1. The van der Waals surface area contributed by atoms with Gasteiger partial charge in [-0.2, -0.15) is 0 Å². The molecule has 0 spiro atoms. The fourth-order valence-corrected chi connectivity index (χ4v) is 3.74. The molecule has 0 fully saturated rings. The summed E-state index contributed by atoms with van der Waals surface area (Å²) in [5, 5.41) is 2.99. The highest BCUT2D eigenvalue weighted by Gasteiger charge is 2.17. The molecule has 0 unspecified atom stereocenters. The molecule has 0 aliphatic carbocycles. The van der Waals surface area contributed by atoms with Crippen molar-refractivity contribution in [2.45, 2.75) is 12.5 Å². The Labute approximate surface area is 140 Å². The van der Waals surface area contributed by atoms with Crippen molar-refractivity contribution in [3.8, 4) is 5.75 Å². The molecule has 3 aromatic rings. The largest absolute Gasteiger partial charge is 0.481 e. The highest BCUT2D eigenvalue weighted by molar-refractivity contribution is 14.1. The Morgan fingerprint density at radius 2 is 1.90 bits per heavy atom. The smallest absolute Gasteiger partial charge is 0.173 e. The van der Waals surface area contributed by atoms with E-state index in [0.717, 1.165) is 26.5 Å². The van der Waals surface area contributed by atoms with E-state index < -0.39 is 0 Å². The van der Waals surface area contributed by atoms with Crippen molar-refractivity contribution in [3.63, 3.8) is 0 Å². The van der Waals surface area contributed by atoms with Crippen LogP contribution in [0.3, 0.4) is 0 Å². The van der Waals surface area contributed by atoms with Crippen LogP contribution in [-0.2, 0) is 0 Å². The van der Waals surface area contributed by atoms with Gasteiger partial charge in [0.15, 0.2) is 11.6 Å². The van der Waals surface area contributed by atoms with E-state index in [1.54, 1.807) is 6.07 Å². The van der Waals surface area contributed by atoms with Crippen molar-refractivity contribution in [1.29, 1.82) is 0 Å². The van der Waals surface area contributed by atoms with Gasteiger partial charge in [0.25, 0.3) is 0 Å². The van der Waals surface area contributed by atoms with E-state index >= 15 is 0 Å².